The van der Waals surface area contributed by atoms with Crippen LogP contribution >= 0.6 is 11.3 Å². The molecule has 0 saturated heterocycles. The van der Waals surface area contributed by atoms with Crippen molar-refractivity contribution in [3.63, 3.8) is 0 Å². The second kappa shape index (κ2) is 10.5. The third-order valence-electron chi connectivity index (χ3n) is 8.49. The molecule has 0 atom stereocenters. The van der Waals surface area contributed by atoms with Gasteiger partial charge in [-0.05, 0) is 33.9 Å². The molecule has 0 aliphatic rings. The number of hydrogen-bond donors (Lipinski definition) is 0. The Labute approximate surface area is 264 Å². The fourth-order valence-corrected chi connectivity index (χ4v) is 7.71. The van der Waals surface area contributed by atoms with E-state index in [2.05, 4.69) is 91.0 Å². The second-order valence-corrected chi connectivity index (χ2v) is 12.3. The lowest BCUT2D eigenvalue weighted by molar-refractivity contribution is 1.07. The number of rotatable bonds is 4. The predicted molar refractivity (Wildman–Crippen MR) is 189 cm³/mol. The highest BCUT2D eigenvalue weighted by Gasteiger charge is 2.19. The van der Waals surface area contributed by atoms with Crippen LogP contribution in [-0.4, -0.2) is 15.0 Å². The topological polar surface area (TPSA) is 38.7 Å². The fourth-order valence-electron chi connectivity index (χ4n) is 6.32. The van der Waals surface area contributed by atoms with Gasteiger partial charge in [0.1, 0.15) is 0 Å². The van der Waals surface area contributed by atoms with Crippen molar-refractivity contribution in [3.05, 3.63) is 152 Å². The van der Waals surface area contributed by atoms with E-state index in [9.17, 15) is 0 Å². The Balaban J connectivity index is 1.37. The first kappa shape index (κ1) is 25.8. The molecule has 0 unspecified atom stereocenters. The van der Waals surface area contributed by atoms with Crippen molar-refractivity contribution in [1.29, 1.82) is 0 Å². The average Bonchev–Trinajstić information content (AvgIpc) is 3.51. The molecule has 9 aromatic rings. The number of fused-ring (bicyclic) bond motifs is 7. The molecule has 0 spiro atoms. The minimum atomic E-state index is 0.660. The normalized spacial score (nSPS) is 11.6. The first-order valence-electron chi connectivity index (χ1n) is 15.0. The number of benzene rings is 7. The van der Waals surface area contributed by atoms with Gasteiger partial charge in [0.15, 0.2) is 17.5 Å². The van der Waals surface area contributed by atoms with E-state index in [0.29, 0.717) is 17.5 Å². The van der Waals surface area contributed by atoms with Crippen LogP contribution in [0, 0.1) is 0 Å². The highest BCUT2D eigenvalue weighted by Crippen LogP contribution is 2.46. The maximum atomic E-state index is 5.08. The Bertz CT molecular complexity index is 2460. The van der Waals surface area contributed by atoms with Crippen molar-refractivity contribution in [1.82, 2.24) is 15.0 Å². The van der Waals surface area contributed by atoms with Gasteiger partial charge in [-0.15, -0.1) is 11.3 Å². The molecule has 0 aliphatic carbocycles. The molecule has 2 aromatic heterocycles. The minimum absolute atomic E-state index is 0.660. The number of thiophene rings is 1. The van der Waals surface area contributed by atoms with E-state index in [1.54, 1.807) is 0 Å². The third-order valence-corrected chi connectivity index (χ3v) is 9.76. The maximum Gasteiger partial charge on any atom is 0.164 e. The summed E-state index contributed by atoms with van der Waals surface area (Å²) >= 11 is 1.88. The molecular weight excluding hydrogens is 567 g/mol. The van der Waals surface area contributed by atoms with Crippen molar-refractivity contribution in [3.8, 4) is 45.3 Å². The fraction of sp³-hybridized carbons (Fsp3) is 0. The van der Waals surface area contributed by atoms with E-state index in [0.717, 1.165) is 16.7 Å². The van der Waals surface area contributed by atoms with E-state index in [-0.39, 0.29) is 0 Å². The molecule has 7 aromatic carbocycles. The zero-order valence-electron chi connectivity index (χ0n) is 24.2. The van der Waals surface area contributed by atoms with Crippen molar-refractivity contribution < 1.29 is 0 Å². The van der Waals surface area contributed by atoms with Crippen LogP contribution in [0.4, 0.5) is 0 Å². The summed E-state index contributed by atoms with van der Waals surface area (Å²) in [6.45, 7) is 0. The first-order chi connectivity index (χ1) is 22.3. The molecule has 210 valence electrons. The van der Waals surface area contributed by atoms with Crippen molar-refractivity contribution in [2.24, 2.45) is 0 Å². The molecule has 9 rings (SSSR count). The van der Waals surface area contributed by atoms with Gasteiger partial charge < -0.3 is 0 Å². The van der Waals surface area contributed by atoms with Gasteiger partial charge in [-0.25, -0.2) is 15.0 Å². The summed E-state index contributed by atoms with van der Waals surface area (Å²) in [6, 6.07) is 53.2. The summed E-state index contributed by atoms with van der Waals surface area (Å²) in [5, 5.41) is 7.57. The summed E-state index contributed by atoms with van der Waals surface area (Å²) < 4.78 is 2.57. The third kappa shape index (κ3) is 4.38. The molecule has 45 heavy (non-hydrogen) atoms. The first-order valence-corrected chi connectivity index (χ1v) is 15.9. The van der Waals surface area contributed by atoms with Crippen LogP contribution < -0.4 is 0 Å². The van der Waals surface area contributed by atoms with Crippen molar-refractivity contribution in [2.75, 3.05) is 0 Å². The Morgan fingerprint density at radius 1 is 0.356 bits per heavy atom. The Kier molecular flexibility index (Phi) is 6.00. The lowest BCUT2D eigenvalue weighted by atomic mass is 9.97. The van der Waals surface area contributed by atoms with Crippen LogP contribution in [0.1, 0.15) is 0 Å². The molecule has 0 aliphatic heterocycles. The summed E-state index contributed by atoms with van der Waals surface area (Å²) in [7, 11) is 0. The summed E-state index contributed by atoms with van der Waals surface area (Å²) in [6.07, 6.45) is 0. The maximum absolute atomic E-state index is 5.08. The average molecular weight is 592 g/mol. The molecule has 3 nitrogen and oxygen atoms in total. The zero-order valence-corrected chi connectivity index (χ0v) is 25.0. The van der Waals surface area contributed by atoms with Crippen LogP contribution in [0.2, 0.25) is 0 Å². The summed E-state index contributed by atoms with van der Waals surface area (Å²) in [5.74, 6) is 1.98. The quantitative estimate of drug-likeness (QED) is 0.191. The molecular formula is C41H25N3S. The predicted octanol–water partition coefficient (Wildman–Crippen LogP) is 11.2. The van der Waals surface area contributed by atoms with Crippen LogP contribution in [0.15, 0.2) is 152 Å². The van der Waals surface area contributed by atoms with Crippen molar-refractivity contribution >= 4 is 53.1 Å². The molecule has 0 bridgehead atoms. The van der Waals surface area contributed by atoms with Gasteiger partial charge in [-0.2, -0.15) is 0 Å². The summed E-state index contributed by atoms with van der Waals surface area (Å²) in [5.41, 5.74) is 5.24. The smallest absolute Gasteiger partial charge is 0.164 e. The van der Waals surface area contributed by atoms with Crippen LogP contribution in [-0.2, 0) is 0 Å². The molecule has 0 saturated carbocycles. The van der Waals surface area contributed by atoms with Gasteiger partial charge in [0.2, 0.25) is 0 Å². The zero-order chi connectivity index (χ0) is 29.7. The van der Waals surface area contributed by atoms with E-state index >= 15 is 0 Å². The highest BCUT2D eigenvalue weighted by molar-refractivity contribution is 7.27. The Hall–Kier alpha value is -5.71. The molecule has 2 heterocycles. The second-order valence-electron chi connectivity index (χ2n) is 11.2. The lowest BCUT2D eigenvalue weighted by Crippen LogP contribution is -2.00. The molecule has 0 N–H and O–H groups in total. The summed E-state index contributed by atoms with van der Waals surface area (Å²) in [4.78, 5) is 15.1. The molecule has 0 radical (unpaired) electrons. The van der Waals surface area contributed by atoms with Crippen LogP contribution in [0.3, 0.4) is 0 Å². The van der Waals surface area contributed by atoms with E-state index in [4.69, 9.17) is 15.0 Å². The molecule has 4 heteroatoms. The lowest BCUT2D eigenvalue weighted by Gasteiger charge is -2.11. The standard InChI is InChI=1S/C41H25N3S/c1-4-12-26(13-5-1)34-24-31(41-43-39(29-15-6-2-7-16-29)42-40(44-41)30-17-8-3-9-18-30)25-35-33-23-22-28-21-20-27-14-10-11-19-32(27)36(28)38(33)45-37(34)35/h1-25H. The van der Waals surface area contributed by atoms with Crippen LogP contribution in [0.25, 0.3) is 87.0 Å². The van der Waals surface area contributed by atoms with Gasteiger partial charge in [-0.1, -0.05) is 140 Å². The Morgan fingerprint density at radius 3 is 1.56 bits per heavy atom. The SMILES string of the molecule is c1ccc(-c2nc(-c3ccccc3)nc(-c3cc(-c4ccccc4)c4sc5c(ccc6ccc7ccccc7c65)c4c3)n2)cc1. The number of aromatic nitrogens is 3. The molecule has 0 fully saturated rings. The van der Waals surface area contributed by atoms with Gasteiger partial charge in [0, 0.05) is 47.8 Å². The minimum Gasteiger partial charge on any atom is -0.208 e. The molecule has 0 amide bonds. The number of hydrogen-bond acceptors (Lipinski definition) is 4. The van der Waals surface area contributed by atoms with Crippen molar-refractivity contribution in [2.45, 2.75) is 0 Å². The van der Waals surface area contributed by atoms with E-state index in [1.165, 1.54) is 52.8 Å². The van der Waals surface area contributed by atoms with Gasteiger partial charge in [0.05, 0.1) is 0 Å². The van der Waals surface area contributed by atoms with Crippen LogP contribution in [0.5, 0.6) is 0 Å². The van der Waals surface area contributed by atoms with Gasteiger partial charge in [-0.3, -0.25) is 0 Å². The Morgan fingerprint density at radius 2 is 0.889 bits per heavy atom. The number of nitrogens with zero attached hydrogens (tertiary/aromatic N) is 3. The van der Waals surface area contributed by atoms with Gasteiger partial charge >= 0.3 is 0 Å². The largest absolute Gasteiger partial charge is 0.208 e. The van der Waals surface area contributed by atoms with E-state index < -0.39 is 0 Å². The van der Waals surface area contributed by atoms with Gasteiger partial charge in [0.25, 0.3) is 0 Å². The monoisotopic (exact) mass is 591 g/mol. The van der Waals surface area contributed by atoms with E-state index in [1.807, 2.05) is 72.0 Å². The highest BCUT2D eigenvalue weighted by atomic mass is 32.1.